The molecule has 1 unspecified atom stereocenters. The Hall–Kier alpha value is -1.04. The molecule has 0 N–H and O–H groups in total. The standard InChI is InChI=1S/C15H21BrO4/c1-4-19-15(11-16)20-9-5-6-12-7-8-13(17-2)14(10-12)18-3/h5-8,10,15H,4,9,11H2,1-3H3/b6-5+. The van der Waals surface area contributed by atoms with Gasteiger partial charge in [0.2, 0.25) is 0 Å². The molecule has 1 aromatic rings. The van der Waals surface area contributed by atoms with Gasteiger partial charge in [0, 0.05) is 6.61 Å². The Kier molecular flexibility index (Phi) is 8.34. The number of hydrogen-bond acceptors (Lipinski definition) is 4. The van der Waals surface area contributed by atoms with Gasteiger partial charge in [0.15, 0.2) is 17.8 Å². The molecule has 0 aromatic heterocycles. The Morgan fingerprint density at radius 3 is 2.50 bits per heavy atom. The minimum absolute atomic E-state index is 0.213. The van der Waals surface area contributed by atoms with E-state index in [9.17, 15) is 0 Å². The maximum Gasteiger partial charge on any atom is 0.167 e. The van der Waals surface area contributed by atoms with Crippen LogP contribution in [0.2, 0.25) is 0 Å². The molecular weight excluding hydrogens is 324 g/mol. The first kappa shape index (κ1) is 17.0. The lowest BCUT2D eigenvalue weighted by Crippen LogP contribution is -2.18. The lowest BCUT2D eigenvalue weighted by atomic mass is 10.2. The van der Waals surface area contributed by atoms with E-state index in [0.717, 1.165) is 11.3 Å². The fourth-order valence-corrected chi connectivity index (χ4v) is 2.00. The lowest BCUT2D eigenvalue weighted by Gasteiger charge is -2.13. The van der Waals surface area contributed by atoms with Gasteiger partial charge in [-0.3, -0.25) is 0 Å². The fraction of sp³-hybridized carbons (Fsp3) is 0.467. The van der Waals surface area contributed by atoms with Gasteiger partial charge in [-0.15, -0.1) is 0 Å². The predicted molar refractivity (Wildman–Crippen MR) is 83.7 cm³/mol. The van der Waals surface area contributed by atoms with Crippen LogP contribution >= 0.6 is 15.9 Å². The zero-order chi connectivity index (χ0) is 14.8. The normalized spacial score (nSPS) is 12.6. The highest BCUT2D eigenvalue weighted by atomic mass is 79.9. The maximum atomic E-state index is 5.54. The third-order valence-corrected chi connectivity index (χ3v) is 3.10. The predicted octanol–water partition coefficient (Wildman–Crippen LogP) is 3.49. The molecule has 1 rings (SSSR count). The molecule has 0 spiro atoms. The van der Waals surface area contributed by atoms with Crippen LogP contribution in [-0.4, -0.2) is 39.1 Å². The van der Waals surface area contributed by atoms with Crippen molar-refractivity contribution in [3.05, 3.63) is 29.8 Å². The van der Waals surface area contributed by atoms with Gasteiger partial charge in [-0.2, -0.15) is 0 Å². The zero-order valence-corrected chi connectivity index (χ0v) is 13.7. The van der Waals surface area contributed by atoms with E-state index in [1.54, 1.807) is 14.2 Å². The van der Waals surface area contributed by atoms with E-state index in [4.69, 9.17) is 18.9 Å². The molecule has 20 heavy (non-hydrogen) atoms. The largest absolute Gasteiger partial charge is 0.493 e. The number of halogens is 1. The molecule has 0 saturated carbocycles. The van der Waals surface area contributed by atoms with E-state index in [2.05, 4.69) is 15.9 Å². The molecule has 112 valence electrons. The molecule has 0 aliphatic carbocycles. The molecule has 1 aromatic carbocycles. The number of methoxy groups -OCH3 is 2. The third kappa shape index (κ3) is 5.53. The highest BCUT2D eigenvalue weighted by Crippen LogP contribution is 2.27. The molecule has 5 heteroatoms. The zero-order valence-electron chi connectivity index (χ0n) is 12.1. The van der Waals surface area contributed by atoms with Gasteiger partial charge in [0.1, 0.15) is 0 Å². The maximum absolute atomic E-state index is 5.54. The first-order chi connectivity index (χ1) is 9.74. The highest BCUT2D eigenvalue weighted by Gasteiger charge is 2.05. The van der Waals surface area contributed by atoms with Crippen LogP contribution in [0.25, 0.3) is 6.08 Å². The smallest absolute Gasteiger partial charge is 0.167 e. The van der Waals surface area contributed by atoms with Crippen LogP contribution in [0.5, 0.6) is 11.5 Å². The molecule has 0 bridgehead atoms. The number of benzene rings is 1. The summed E-state index contributed by atoms with van der Waals surface area (Å²) in [6, 6.07) is 5.75. The Labute approximate surface area is 128 Å². The summed E-state index contributed by atoms with van der Waals surface area (Å²) in [4.78, 5) is 0. The first-order valence-corrected chi connectivity index (χ1v) is 7.55. The average Bonchev–Trinajstić information content (AvgIpc) is 2.50. The van der Waals surface area contributed by atoms with E-state index in [1.807, 2.05) is 37.3 Å². The summed E-state index contributed by atoms with van der Waals surface area (Å²) in [5.74, 6) is 1.43. The summed E-state index contributed by atoms with van der Waals surface area (Å²) in [6.07, 6.45) is 3.70. The van der Waals surface area contributed by atoms with Gasteiger partial charge in [0.05, 0.1) is 26.2 Å². The highest BCUT2D eigenvalue weighted by molar-refractivity contribution is 9.09. The fourth-order valence-electron chi connectivity index (χ4n) is 1.63. The van der Waals surface area contributed by atoms with Crippen molar-refractivity contribution in [2.75, 3.05) is 32.8 Å². The molecule has 0 aliphatic heterocycles. The molecule has 0 saturated heterocycles. The molecule has 0 radical (unpaired) electrons. The summed E-state index contributed by atoms with van der Waals surface area (Å²) in [5.41, 5.74) is 1.03. The van der Waals surface area contributed by atoms with Crippen LogP contribution in [0.15, 0.2) is 24.3 Å². The van der Waals surface area contributed by atoms with Crippen LogP contribution in [-0.2, 0) is 9.47 Å². The van der Waals surface area contributed by atoms with Gasteiger partial charge < -0.3 is 18.9 Å². The monoisotopic (exact) mass is 344 g/mol. The Morgan fingerprint density at radius 1 is 1.15 bits per heavy atom. The van der Waals surface area contributed by atoms with Gasteiger partial charge in [-0.25, -0.2) is 0 Å². The van der Waals surface area contributed by atoms with Gasteiger partial charge >= 0.3 is 0 Å². The number of rotatable bonds is 9. The van der Waals surface area contributed by atoms with Crippen molar-refractivity contribution >= 4 is 22.0 Å². The van der Waals surface area contributed by atoms with Gasteiger partial charge in [-0.05, 0) is 24.6 Å². The SMILES string of the molecule is CCOC(CBr)OC/C=C/c1ccc(OC)c(OC)c1. The minimum Gasteiger partial charge on any atom is -0.493 e. The van der Waals surface area contributed by atoms with Crippen LogP contribution in [0.3, 0.4) is 0 Å². The second-order valence-electron chi connectivity index (χ2n) is 3.89. The molecule has 0 fully saturated rings. The molecule has 0 aliphatic rings. The van der Waals surface area contributed by atoms with Crippen molar-refractivity contribution in [3.63, 3.8) is 0 Å². The summed E-state index contributed by atoms with van der Waals surface area (Å²) < 4.78 is 21.4. The van der Waals surface area contributed by atoms with E-state index >= 15 is 0 Å². The quantitative estimate of drug-likeness (QED) is 0.507. The number of alkyl halides is 1. The van der Waals surface area contributed by atoms with E-state index in [1.165, 1.54) is 0 Å². The Balaban J connectivity index is 2.53. The lowest BCUT2D eigenvalue weighted by molar-refractivity contribution is -0.114. The van der Waals surface area contributed by atoms with Crippen LogP contribution in [0, 0.1) is 0 Å². The van der Waals surface area contributed by atoms with E-state index in [0.29, 0.717) is 24.3 Å². The summed E-state index contributed by atoms with van der Waals surface area (Å²) in [7, 11) is 3.24. The molecule has 0 amide bonds. The Bertz CT molecular complexity index is 420. The summed E-state index contributed by atoms with van der Waals surface area (Å²) in [6.45, 7) is 3.07. The van der Waals surface area contributed by atoms with Crippen molar-refractivity contribution in [3.8, 4) is 11.5 Å². The van der Waals surface area contributed by atoms with Crippen LogP contribution in [0.1, 0.15) is 12.5 Å². The Morgan fingerprint density at radius 2 is 1.90 bits per heavy atom. The van der Waals surface area contributed by atoms with Crippen molar-refractivity contribution in [1.82, 2.24) is 0 Å². The second-order valence-corrected chi connectivity index (χ2v) is 4.54. The molecular formula is C15H21BrO4. The summed E-state index contributed by atoms with van der Waals surface area (Å²) >= 11 is 3.34. The molecule has 0 heterocycles. The van der Waals surface area contributed by atoms with Crippen molar-refractivity contribution < 1.29 is 18.9 Å². The second kappa shape index (κ2) is 9.80. The molecule has 1 atom stereocenters. The summed E-state index contributed by atoms with van der Waals surface area (Å²) in [5, 5.41) is 0.658. The van der Waals surface area contributed by atoms with Gasteiger partial charge in [0.25, 0.3) is 0 Å². The van der Waals surface area contributed by atoms with Crippen molar-refractivity contribution in [1.29, 1.82) is 0 Å². The van der Waals surface area contributed by atoms with Crippen LogP contribution < -0.4 is 9.47 Å². The van der Waals surface area contributed by atoms with E-state index in [-0.39, 0.29) is 6.29 Å². The topological polar surface area (TPSA) is 36.9 Å². The number of hydrogen-bond donors (Lipinski definition) is 0. The van der Waals surface area contributed by atoms with Crippen molar-refractivity contribution in [2.24, 2.45) is 0 Å². The molecule has 4 nitrogen and oxygen atoms in total. The average molecular weight is 345 g/mol. The first-order valence-electron chi connectivity index (χ1n) is 6.42. The minimum atomic E-state index is -0.213. The van der Waals surface area contributed by atoms with E-state index < -0.39 is 0 Å². The van der Waals surface area contributed by atoms with Gasteiger partial charge in [-0.1, -0.05) is 34.1 Å². The van der Waals surface area contributed by atoms with Crippen LogP contribution in [0.4, 0.5) is 0 Å². The third-order valence-electron chi connectivity index (χ3n) is 2.57. The number of ether oxygens (including phenoxy) is 4. The van der Waals surface area contributed by atoms with Crippen molar-refractivity contribution in [2.45, 2.75) is 13.2 Å².